The van der Waals surface area contributed by atoms with E-state index in [-0.39, 0.29) is 0 Å². The third-order valence-electron chi connectivity index (χ3n) is 4.78. The van der Waals surface area contributed by atoms with Crippen molar-refractivity contribution < 1.29 is 9.47 Å². The van der Waals surface area contributed by atoms with Gasteiger partial charge < -0.3 is 15.2 Å². The summed E-state index contributed by atoms with van der Waals surface area (Å²) in [4.78, 5) is 0. The van der Waals surface area contributed by atoms with Gasteiger partial charge in [-0.3, -0.25) is 0 Å². The van der Waals surface area contributed by atoms with Gasteiger partial charge in [0.25, 0.3) is 0 Å². The van der Waals surface area contributed by atoms with Gasteiger partial charge in [-0.05, 0) is 54.8 Å². The SMILES string of the molecule is CCC1CCC(CN)C(c2cc(OC)cc(OC)c2)C1. The molecule has 0 amide bonds. The molecule has 112 valence electrons. The Morgan fingerprint density at radius 2 is 1.75 bits per heavy atom. The number of methoxy groups -OCH3 is 2. The maximum atomic E-state index is 6.00. The average Bonchev–Trinajstić information content (AvgIpc) is 2.53. The van der Waals surface area contributed by atoms with Gasteiger partial charge in [-0.25, -0.2) is 0 Å². The second-order valence-electron chi connectivity index (χ2n) is 5.84. The lowest BCUT2D eigenvalue weighted by molar-refractivity contribution is 0.235. The van der Waals surface area contributed by atoms with Gasteiger partial charge in [0.1, 0.15) is 11.5 Å². The Labute approximate surface area is 122 Å². The normalized spacial score (nSPS) is 26.3. The van der Waals surface area contributed by atoms with Crippen LogP contribution in [-0.4, -0.2) is 20.8 Å². The largest absolute Gasteiger partial charge is 0.497 e. The van der Waals surface area contributed by atoms with E-state index < -0.39 is 0 Å². The smallest absolute Gasteiger partial charge is 0.122 e. The number of benzene rings is 1. The monoisotopic (exact) mass is 277 g/mol. The van der Waals surface area contributed by atoms with Gasteiger partial charge in [-0.15, -0.1) is 0 Å². The van der Waals surface area contributed by atoms with E-state index in [2.05, 4.69) is 19.1 Å². The van der Waals surface area contributed by atoms with Crippen molar-refractivity contribution in [1.29, 1.82) is 0 Å². The van der Waals surface area contributed by atoms with Crippen LogP contribution in [0.5, 0.6) is 11.5 Å². The fourth-order valence-electron chi connectivity index (χ4n) is 3.43. The van der Waals surface area contributed by atoms with Crippen molar-refractivity contribution in [3.05, 3.63) is 23.8 Å². The van der Waals surface area contributed by atoms with E-state index in [9.17, 15) is 0 Å². The zero-order chi connectivity index (χ0) is 14.5. The van der Waals surface area contributed by atoms with Gasteiger partial charge in [0, 0.05) is 6.07 Å². The number of hydrogen-bond acceptors (Lipinski definition) is 3. The molecule has 2 rings (SSSR count). The predicted molar refractivity (Wildman–Crippen MR) is 82.5 cm³/mol. The Morgan fingerprint density at radius 3 is 2.25 bits per heavy atom. The molecule has 2 N–H and O–H groups in total. The van der Waals surface area contributed by atoms with Crippen LogP contribution < -0.4 is 15.2 Å². The summed E-state index contributed by atoms with van der Waals surface area (Å²) >= 11 is 0. The van der Waals surface area contributed by atoms with Crippen LogP contribution in [0.3, 0.4) is 0 Å². The molecule has 0 heterocycles. The molecule has 3 nitrogen and oxygen atoms in total. The molecule has 3 atom stereocenters. The van der Waals surface area contributed by atoms with Crippen molar-refractivity contribution >= 4 is 0 Å². The second kappa shape index (κ2) is 6.98. The van der Waals surface area contributed by atoms with E-state index in [0.29, 0.717) is 11.8 Å². The summed E-state index contributed by atoms with van der Waals surface area (Å²) in [6.45, 7) is 3.05. The van der Waals surface area contributed by atoms with Crippen LogP contribution in [0.15, 0.2) is 18.2 Å². The summed E-state index contributed by atoms with van der Waals surface area (Å²) < 4.78 is 10.8. The molecule has 0 aliphatic heterocycles. The van der Waals surface area contributed by atoms with E-state index in [1.54, 1.807) is 14.2 Å². The van der Waals surface area contributed by atoms with Crippen molar-refractivity contribution in [3.63, 3.8) is 0 Å². The zero-order valence-electron chi connectivity index (χ0n) is 12.9. The first-order valence-electron chi connectivity index (χ1n) is 7.64. The van der Waals surface area contributed by atoms with Gasteiger partial charge in [0.05, 0.1) is 14.2 Å². The minimum absolute atomic E-state index is 0.530. The van der Waals surface area contributed by atoms with E-state index in [4.69, 9.17) is 15.2 Å². The fourth-order valence-corrected chi connectivity index (χ4v) is 3.43. The summed E-state index contributed by atoms with van der Waals surface area (Å²) in [5, 5.41) is 0. The molecule has 0 bridgehead atoms. The maximum absolute atomic E-state index is 6.00. The van der Waals surface area contributed by atoms with Gasteiger partial charge in [-0.1, -0.05) is 19.8 Å². The Morgan fingerprint density at radius 1 is 1.10 bits per heavy atom. The molecule has 1 aromatic carbocycles. The molecular formula is C17H27NO2. The lowest BCUT2D eigenvalue weighted by Gasteiger charge is -2.36. The highest BCUT2D eigenvalue weighted by Crippen LogP contribution is 2.43. The van der Waals surface area contributed by atoms with Crippen molar-refractivity contribution in [2.45, 2.75) is 38.5 Å². The van der Waals surface area contributed by atoms with E-state index in [0.717, 1.165) is 24.0 Å². The topological polar surface area (TPSA) is 44.5 Å². The highest BCUT2D eigenvalue weighted by Gasteiger charge is 2.30. The summed E-state index contributed by atoms with van der Waals surface area (Å²) in [7, 11) is 3.41. The molecule has 0 saturated heterocycles. The van der Waals surface area contributed by atoms with Crippen molar-refractivity contribution in [3.8, 4) is 11.5 Å². The van der Waals surface area contributed by atoms with Crippen LogP contribution in [0.25, 0.3) is 0 Å². The van der Waals surface area contributed by atoms with E-state index >= 15 is 0 Å². The molecule has 0 radical (unpaired) electrons. The molecule has 1 saturated carbocycles. The van der Waals surface area contributed by atoms with Gasteiger partial charge in [-0.2, -0.15) is 0 Å². The Balaban J connectivity index is 2.30. The van der Waals surface area contributed by atoms with Gasteiger partial charge >= 0.3 is 0 Å². The van der Waals surface area contributed by atoms with E-state index in [1.165, 1.54) is 31.2 Å². The predicted octanol–water partition coefficient (Wildman–Crippen LogP) is 3.57. The van der Waals surface area contributed by atoms with Crippen molar-refractivity contribution in [2.24, 2.45) is 17.6 Å². The lowest BCUT2D eigenvalue weighted by Crippen LogP contribution is -2.28. The Kier molecular flexibility index (Phi) is 5.30. The Hall–Kier alpha value is -1.22. The number of rotatable bonds is 5. The van der Waals surface area contributed by atoms with Crippen LogP contribution in [-0.2, 0) is 0 Å². The minimum Gasteiger partial charge on any atom is -0.497 e. The van der Waals surface area contributed by atoms with Crippen LogP contribution in [0, 0.1) is 11.8 Å². The first kappa shape index (κ1) is 15.2. The quantitative estimate of drug-likeness (QED) is 0.894. The van der Waals surface area contributed by atoms with Crippen LogP contribution in [0.2, 0.25) is 0 Å². The number of hydrogen-bond donors (Lipinski definition) is 1. The second-order valence-corrected chi connectivity index (χ2v) is 5.84. The zero-order valence-corrected chi connectivity index (χ0v) is 12.9. The van der Waals surface area contributed by atoms with Gasteiger partial charge in [0.15, 0.2) is 0 Å². The van der Waals surface area contributed by atoms with E-state index in [1.807, 2.05) is 6.07 Å². The molecule has 3 unspecified atom stereocenters. The first-order chi connectivity index (χ1) is 9.71. The highest BCUT2D eigenvalue weighted by molar-refractivity contribution is 5.40. The molecule has 1 aliphatic rings. The van der Waals surface area contributed by atoms with Crippen LogP contribution >= 0.6 is 0 Å². The maximum Gasteiger partial charge on any atom is 0.122 e. The first-order valence-corrected chi connectivity index (χ1v) is 7.64. The summed E-state index contributed by atoms with van der Waals surface area (Å²) in [5.41, 5.74) is 7.31. The molecule has 0 spiro atoms. The molecule has 1 fully saturated rings. The Bertz CT molecular complexity index is 411. The standard InChI is InChI=1S/C17H27NO2/c1-4-12-5-6-13(11-18)17(7-12)14-8-15(19-2)10-16(9-14)20-3/h8-10,12-13,17H,4-7,11,18H2,1-3H3. The molecule has 3 heteroatoms. The van der Waals surface area contributed by atoms with Crippen LogP contribution in [0.1, 0.15) is 44.1 Å². The molecule has 1 aromatic rings. The lowest BCUT2D eigenvalue weighted by atomic mass is 9.70. The fraction of sp³-hybridized carbons (Fsp3) is 0.647. The molecule has 1 aliphatic carbocycles. The molecule has 0 aromatic heterocycles. The number of nitrogens with two attached hydrogens (primary N) is 1. The van der Waals surface area contributed by atoms with Crippen molar-refractivity contribution in [1.82, 2.24) is 0 Å². The summed E-state index contributed by atoms with van der Waals surface area (Å²) in [5.74, 6) is 3.67. The molecular weight excluding hydrogens is 250 g/mol. The highest BCUT2D eigenvalue weighted by atomic mass is 16.5. The minimum atomic E-state index is 0.530. The van der Waals surface area contributed by atoms with Crippen LogP contribution in [0.4, 0.5) is 0 Å². The summed E-state index contributed by atoms with van der Waals surface area (Å²) in [6, 6.07) is 6.23. The van der Waals surface area contributed by atoms with Gasteiger partial charge in [0.2, 0.25) is 0 Å². The third kappa shape index (κ3) is 3.26. The summed E-state index contributed by atoms with van der Waals surface area (Å²) in [6.07, 6.45) is 5.04. The number of ether oxygens (including phenoxy) is 2. The third-order valence-corrected chi connectivity index (χ3v) is 4.78. The molecule has 20 heavy (non-hydrogen) atoms. The van der Waals surface area contributed by atoms with Crippen molar-refractivity contribution in [2.75, 3.05) is 20.8 Å². The average molecular weight is 277 g/mol.